The fraction of sp³-hybridized carbons (Fsp3) is 0.909. The minimum atomic E-state index is -0.424. The standard InChI is InChI=1S/C11H22N2O2S/c1-11(2,3)15-10(14)13-7-9-5-4-8(6-12)16-9/h8-9H,4-7,12H2,1-3H3,(H,13,14). The number of hydrogen-bond acceptors (Lipinski definition) is 4. The molecule has 0 spiro atoms. The number of hydrogen-bond donors (Lipinski definition) is 2. The molecule has 16 heavy (non-hydrogen) atoms. The molecule has 2 atom stereocenters. The van der Waals surface area contributed by atoms with Gasteiger partial charge in [0.05, 0.1) is 0 Å². The molecule has 0 aromatic heterocycles. The molecule has 0 aromatic rings. The van der Waals surface area contributed by atoms with Crippen LogP contribution in [0.25, 0.3) is 0 Å². The monoisotopic (exact) mass is 246 g/mol. The fourth-order valence-electron chi connectivity index (χ4n) is 1.61. The third-order valence-electron chi connectivity index (χ3n) is 2.33. The van der Waals surface area contributed by atoms with Crippen LogP contribution in [0.3, 0.4) is 0 Å². The Labute approximate surface area is 102 Å². The topological polar surface area (TPSA) is 64.3 Å². The van der Waals surface area contributed by atoms with Crippen molar-refractivity contribution in [1.29, 1.82) is 0 Å². The number of carbonyl (C=O) groups is 1. The molecule has 1 fully saturated rings. The largest absolute Gasteiger partial charge is 0.444 e. The molecule has 1 rings (SSSR count). The second kappa shape index (κ2) is 5.77. The van der Waals surface area contributed by atoms with Crippen molar-refractivity contribution in [3.63, 3.8) is 0 Å². The number of nitrogens with two attached hydrogens (primary N) is 1. The maximum Gasteiger partial charge on any atom is 0.407 e. The first-order valence-corrected chi connectivity index (χ1v) is 6.67. The van der Waals surface area contributed by atoms with Crippen molar-refractivity contribution in [2.45, 2.75) is 49.7 Å². The van der Waals surface area contributed by atoms with Crippen molar-refractivity contribution in [1.82, 2.24) is 5.32 Å². The second-order valence-corrected chi connectivity index (χ2v) is 6.68. The summed E-state index contributed by atoms with van der Waals surface area (Å²) in [5.41, 5.74) is 5.18. The van der Waals surface area contributed by atoms with E-state index < -0.39 is 5.60 Å². The number of nitrogens with one attached hydrogen (secondary N) is 1. The van der Waals surface area contributed by atoms with Crippen molar-refractivity contribution in [2.75, 3.05) is 13.1 Å². The minimum absolute atomic E-state index is 0.329. The van der Waals surface area contributed by atoms with Gasteiger partial charge in [-0.05, 0) is 33.6 Å². The number of amides is 1. The molecular weight excluding hydrogens is 224 g/mol. The SMILES string of the molecule is CC(C)(C)OC(=O)NCC1CCC(CN)S1. The minimum Gasteiger partial charge on any atom is -0.444 e. The third kappa shape index (κ3) is 5.07. The Bertz CT molecular complexity index is 241. The predicted molar refractivity (Wildman–Crippen MR) is 67.7 cm³/mol. The summed E-state index contributed by atoms with van der Waals surface area (Å²) in [7, 11) is 0. The van der Waals surface area contributed by atoms with Crippen LogP contribution in [0.1, 0.15) is 33.6 Å². The zero-order chi connectivity index (χ0) is 12.2. The highest BCUT2D eigenvalue weighted by atomic mass is 32.2. The number of ether oxygens (including phenoxy) is 1. The maximum atomic E-state index is 11.4. The summed E-state index contributed by atoms with van der Waals surface area (Å²) < 4.78 is 5.17. The zero-order valence-corrected chi connectivity index (χ0v) is 11.1. The molecule has 4 nitrogen and oxygen atoms in total. The van der Waals surface area contributed by atoms with Gasteiger partial charge in [-0.15, -0.1) is 0 Å². The van der Waals surface area contributed by atoms with Crippen molar-refractivity contribution in [3.8, 4) is 0 Å². The average molecular weight is 246 g/mol. The first-order valence-electron chi connectivity index (χ1n) is 5.73. The van der Waals surface area contributed by atoms with Crippen LogP contribution in [0.4, 0.5) is 4.79 Å². The lowest BCUT2D eigenvalue weighted by Crippen LogP contribution is -2.35. The van der Waals surface area contributed by atoms with Gasteiger partial charge in [0, 0.05) is 23.6 Å². The summed E-state index contributed by atoms with van der Waals surface area (Å²) >= 11 is 1.88. The summed E-state index contributed by atoms with van der Waals surface area (Å²) in [6.07, 6.45) is 1.95. The first-order chi connectivity index (χ1) is 7.40. The molecule has 0 bridgehead atoms. The highest BCUT2D eigenvalue weighted by Gasteiger charge is 2.25. The van der Waals surface area contributed by atoms with E-state index in [2.05, 4.69) is 5.32 Å². The lowest BCUT2D eigenvalue weighted by atomic mass is 10.2. The van der Waals surface area contributed by atoms with Crippen molar-refractivity contribution in [2.24, 2.45) is 5.73 Å². The van der Waals surface area contributed by atoms with Crippen LogP contribution >= 0.6 is 11.8 Å². The van der Waals surface area contributed by atoms with Gasteiger partial charge in [-0.25, -0.2) is 4.79 Å². The quantitative estimate of drug-likeness (QED) is 0.796. The predicted octanol–water partition coefficient (Wildman–Crippen LogP) is 1.73. The molecule has 3 N–H and O–H groups in total. The molecule has 0 saturated carbocycles. The zero-order valence-electron chi connectivity index (χ0n) is 10.3. The molecule has 94 valence electrons. The van der Waals surface area contributed by atoms with E-state index in [9.17, 15) is 4.79 Å². The molecular formula is C11H22N2O2S. The molecule has 2 unspecified atom stereocenters. The summed E-state index contributed by atoms with van der Waals surface area (Å²) in [4.78, 5) is 11.4. The molecule has 1 saturated heterocycles. The van der Waals surface area contributed by atoms with Crippen LogP contribution in [-0.2, 0) is 4.74 Å². The Hall–Kier alpha value is -0.420. The van der Waals surface area contributed by atoms with Gasteiger partial charge in [-0.3, -0.25) is 0 Å². The molecule has 5 heteroatoms. The Morgan fingerprint density at radius 2 is 2.06 bits per heavy atom. The van der Waals surface area contributed by atoms with Crippen molar-refractivity contribution < 1.29 is 9.53 Å². The van der Waals surface area contributed by atoms with Crippen LogP contribution in [0, 0.1) is 0 Å². The van der Waals surface area contributed by atoms with Crippen molar-refractivity contribution >= 4 is 17.9 Å². The molecule has 0 radical (unpaired) electrons. The Kier molecular flexibility index (Phi) is 4.92. The molecule has 1 amide bonds. The number of alkyl carbamates (subject to hydrolysis) is 1. The lowest BCUT2D eigenvalue weighted by molar-refractivity contribution is 0.0528. The molecule has 0 aliphatic carbocycles. The first kappa shape index (κ1) is 13.6. The van der Waals surface area contributed by atoms with Gasteiger partial charge in [0.25, 0.3) is 0 Å². The second-order valence-electron chi connectivity index (χ2n) is 5.08. The number of rotatable bonds is 3. The van der Waals surface area contributed by atoms with Crippen molar-refractivity contribution in [3.05, 3.63) is 0 Å². The smallest absolute Gasteiger partial charge is 0.407 e. The Morgan fingerprint density at radius 3 is 2.56 bits per heavy atom. The lowest BCUT2D eigenvalue weighted by Gasteiger charge is -2.20. The van der Waals surface area contributed by atoms with Gasteiger partial charge in [0.1, 0.15) is 5.60 Å². The summed E-state index contributed by atoms with van der Waals surface area (Å²) in [5, 5.41) is 3.85. The normalized spacial score (nSPS) is 25.5. The fourth-order valence-corrected chi connectivity index (χ4v) is 2.99. The van der Waals surface area contributed by atoms with Crippen LogP contribution < -0.4 is 11.1 Å². The van der Waals surface area contributed by atoms with Crippen LogP contribution in [0.15, 0.2) is 0 Å². The molecule has 1 aliphatic rings. The molecule has 0 aromatic carbocycles. The molecule has 1 aliphatic heterocycles. The van der Waals surface area contributed by atoms with Gasteiger partial charge in [-0.2, -0.15) is 11.8 Å². The van der Waals surface area contributed by atoms with Gasteiger partial charge >= 0.3 is 6.09 Å². The van der Waals surface area contributed by atoms with E-state index in [4.69, 9.17) is 10.5 Å². The Balaban J connectivity index is 2.18. The summed E-state index contributed by atoms with van der Waals surface area (Å²) in [6, 6.07) is 0. The van der Waals surface area contributed by atoms with Gasteiger partial charge in [0.2, 0.25) is 0 Å². The van der Waals surface area contributed by atoms with Crippen LogP contribution in [0.2, 0.25) is 0 Å². The van der Waals surface area contributed by atoms with E-state index in [1.807, 2.05) is 32.5 Å². The molecule has 1 heterocycles. The van der Waals surface area contributed by atoms with E-state index in [1.54, 1.807) is 0 Å². The number of carbonyl (C=O) groups excluding carboxylic acids is 1. The van der Waals surface area contributed by atoms with Crippen LogP contribution in [0.5, 0.6) is 0 Å². The van der Waals surface area contributed by atoms with E-state index >= 15 is 0 Å². The van der Waals surface area contributed by atoms with E-state index in [1.165, 1.54) is 0 Å². The van der Waals surface area contributed by atoms with E-state index in [-0.39, 0.29) is 6.09 Å². The van der Waals surface area contributed by atoms with Crippen LogP contribution in [-0.4, -0.2) is 35.3 Å². The van der Waals surface area contributed by atoms with E-state index in [0.717, 1.165) is 19.4 Å². The summed E-state index contributed by atoms with van der Waals surface area (Å²) in [5.74, 6) is 0. The maximum absolute atomic E-state index is 11.4. The highest BCUT2D eigenvalue weighted by molar-refractivity contribution is 8.00. The Morgan fingerprint density at radius 1 is 1.44 bits per heavy atom. The highest BCUT2D eigenvalue weighted by Crippen LogP contribution is 2.32. The van der Waals surface area contributed by atoms with Gasteiger partial charge in [-0.1, -0.05) is 0 Å². The summed E-state index contributed by atoms with van der Waals surface area (Å²) in [6.45, 7) is 6.99. The number of thioether (sulfide) groups is 1. The van der Waals surface area contributed by atoms with Gasteiger partial charge in [0.15, 0.2) is 0 Å². The average Bonchev–Trinajstić information content (AvgIpc) is 2.59. The van der Waals surface area contributed by atoms with Gasteiger partial charge < -0.3 is 15.8 Å². The van der Waals surface area contributed by atoms with E-state index in [0.29, 0.717) is 17.0 Å². The third-order valence-corrected chi connectivity index (χ3v) is 3.93.